The van der Waals surface area contributed by atoms with Crippen LogP contribution >= 0.6 is 0 Å². The third-order valence-corrected chi connectivity index (χ3v) is 3.24. The van der Waals surface area contributed by atoms with Gasteiger partial charge in [-0.05, 0) is 24.6 Å². The van der Waals surface area contributed by atoms with Crippen molar-refractivity contribution in [2.75, 3.05) is 0 Å². The molecule has 0 saturated heterocycles. The van der Waals surface area contributed by atoms with Gasteiger partial charge in [-0.15, -0.1) is 0 Å². The van der Waals surface area contributed by atoms with Gasteiger partial charge in [0, 0.05) is 30.9 Å². The van der Waals surface area contributed by atoms with E-state index in [1.54, 1.807) is 12.5 Å². The molecule has 3 aromatic heterocycles. The lowest BCUT2D eigenvalue weighted by Gasteiger charge is -2.05. The fourth-order valence-electron chi connectivity index (χ4n) is 2.31. The molecule has 19 heavy (non-hydrogen) atoms. The van der Waals surface area contributed by atoms with Crippen LogP contribution in [-0.2, 0) is 19.6 Å². The highest BCUT2D eigenvalue weighted by molar-refractivity contribution is 5.80. The second-order valence-corrected chi connectivity index (χ2v) is 4.35. The Morgan fingerprint density at radius 2 is 2.21 bits per heavy atom. The van der Waals surface area contributed by atoms with E-state index in [1.807, 2.05) is 23.0 Å². The number of nitrogens with zero attached hydrogens (tertiary/aromatic N) is 5. The van der Waals surface area contributed by atoms with E-state index in [0.29, 0.717) is 13.1 Å². The smallest absolute Gasteiger partial charge is 0.146 e. The molecule has 0 aliphatic rings. The molecule has 0 aromatic carbocycles. The van der Waals surface area contributed by atoms with Crippen LogP contribution in [0, 0.1) is 0 Å². The number of hydrogen-bond donors (Lipinski definition) is 1. The molecular weight excluding hydrogens is 240 g/mol. The molecule has 0 atom stereocenters. The van der Waals surface area contributed by atoms with E-state index in [-0.39, 0.29) is 0 Å². The van der Waals surface area contributed by atoms with E-state index in [0.717, 1.165) is 29.0 Å². The number of nitrogens with two attached hydrogens (primary N) is 1. The minimum absolute atomic E-state index is 0.510. The summed E-state index contributed by atoms with van der Waals surface area (Å²) >= 11 is 0. The maximum Gasteiger partial charge on any atom is 0.146 e. The molecule has 0 unspecified atom stereocenters. The SMILES string of the molecule is CCn1ncnc1Cn1cc(CN)c2cccnc21. The zero-order valence-corrected chi connectivity index (χ0v) is 10.8. The molecular formula is C13H16N6. The van der Waals surface area contributed by atoms with Gasteiger partial charge in [0.25, 0.3) is 0 Å². The van der Waals surface area contributed by atoms with Gasteiger partial charge in [-0.25, -0.2) is 14.6 Å². The van der Waals surface area contributed by atoms with Crippen LogP contribution in [-0.4, -0.2) is 24.3 Å². The van der Waals surface area contributed by atoms with Crippen molar-refractivity contribution < 1.29 is 0 Å². The van der Waals surface area contributed by atoms with Crippen LogP contribution in [0.2, 0.25) is 0 Å². The highest BCUT2D eigenvalue weighted by atomic mass is 15.3. The van der Waals surface area contributed by atoms with Crippen LogP contribution in [0.25, 0.3) is 11.0 Å². The number of rotatable bonds is 4. The summed E-state index contributed by atoms with van der Waals surface area (Å²) in [6.07, 6.45) is 5.43. The molecule has 0 aliphatic carbocycles. The van der Waals surface area contributed by atoms with Crippen molar-refractivity contribution in [3.05, 3.63) is 42.2 Å². The molecule has 0 fully saturated rings. The van der Waals surface area contributed by atoms with Crippen molar-refractivity contribution in [3.8, 4) is 0 Å². The summed E-state index contributed by atoms with van der Waals surface area (Å²) in [6, 6.07) is 3.98. The Bertz CT molecular complexity index is 696. The molecule has 6 heteroatoms. The lowest BCUT2D eigenvalue weighted by molar-refractivity contribution is 0.595. The fraction of sp³-hybridized carbons (Fsp3) is 0.308. The molecule has 6 nitrogen and oxygen atoms in total. The Morgan fingerprint density at radius 1 is 1.32 bits per heavy atom. The topological polar surface area (TPSA) is 74.5 Å². The molecule has 0 spiro atoms. The van der Waals surface area contributed by atoms with Crippen molar-refractivity contribution in [2.24, 2.45) is 5.73 Å². The van der Waals surface area contributed by atoms with Gasteiger partial charge in [0.1, 0.15) is 17.8 Å². The van der Waals surface area contributed by atoms with Gasteiger partial charge < -0.3 is 10.3 Å². The summed E-state index contributed by atoms with van der Waals surface area (Å²) in [7, 11) is 0. The van der Waals surface area contributed by atoms with Gasteiger partial charge in [-0.3, -0.25) is 0 Å². The van der Waals surface area contributed by atoms with E-state index in [1.165, 1.54) is 0 Å². The first-order chi connectivity index (χ1) is 9.33. The van der Waals surface area contributed by atoms with Crippen LogP contribution in [0.1, 0.15) is 18.3 Å². The average Bonchev–Trinajstić information content (AvgIpc) is 3.04. The van der Waals surface area contributed by atoms with Gasteiger partial charge >= 0.3 is 0 Å². The largest absolute Gasteiger partial charge is 0.326 e. The van der Waals surface area contributed by atoms with E-state index in [4.69, 9.17) is 5.73 Å². The normalized spacial score (nSPS) is 11.3. The number of fused-ring (bicyclic) bond motifs is 1. The minimum atomic E-state index is 0.510. The Balaban J connectivity index is 2.06. The second-order valence-electron chi connectivity index (χ2n) is 4.35. The third kappa shape index (κ3) is 2.00. The van der Waals surface area contributed by atoms with Crippen molar-refractivity contribution in [2.45, 2.75) is 26.6 Å². The van der Waals surface area contributed by atoms with Crippen LogP contribution in [0.4, 0.5) is 0 Å². The first kappa shape index (κ1) is 11.9. The van der Waals surface area contributed by atoms with Crippen LogP contribution < -0.4 is 5.73 Å². The summed E-state index contributed by atoms with van der Waals surface area (Å²) in [5, 5.41) is 5.29. The fourth-order valence-corrected chi connectivity index (χ4v) is 2.31. The number of pyridine rings is 1. The summed E-state index contributed by atoms with van der Waals surface area (Å²) in [5.74, 6) is 0.925. The molecule has 0 aliphatic heterocycles. The van der Waals surface area contributed by atoms with Crippen molar-refractivity contribution in [3.63, 3.8) is 0 Å². The molecule has 0 bridgehead atoms. The molecule has 3 heterocycles. The summed E-state index contributed by atoms with van der Waals surface area (Å²) in [4.78, 5) is 8.73. The molecule has 3 aromatic rings. The van der Waals surface area contributed by atoms with Gasteiger partial charge in [0.15, 0.2) is 0 Å². The molecule has 2 N–H and O–H groups in total. The standard InChI is InChI=1S/C13H16N6/c1-2-19-12(16-9-17-19)8-18-7-10(6-14)11-4-3-5-15-13(11)18/h3-5,7,9H,2,6,8,14H2,1H3. The first-order valence-electron chi connectivity index (χ1n) is 6.33. The monoisotopic (exact) mass is 256 g/mol. The van der Waals surface area contributed by atoms with Crippen LogP contribution in [0.5, 0.6) is 0 Å². The Kier molecular flexibility index (Phi) is 3.00. The number of aromatic nitrogens is 5. The molecule has 98 valence electrons. The zero-order chi connectivity index (χ0) is 13.2. The van der Waals surface area contributed by atoms with Crippen molar-refractivity contribution in [1.29, 1.82) is 0 Å². The highest BCUT2D eigenvalue weighted by Gasteiger charge is 2.10. The van der Waals surface area contributed by atoms with E-state index in [2.05, 4.69) is 26.6 Å². The predicted octanol–water partition coefficient (Wildman–Crippen LogP) is 1.15. The maximum atomic E-state index is 5.78. The quantitative estimate of drug-likeness (QED) is 0.760. The maximum absolute atomic E-state index is 5.78. The molecule has 0 amide bonds. The van der Waals surface area contributed by atoms with E-state index < -0.39 is 0 Å². The Labute approximate surface area is 110 Å². The van der Waals surface area contributed by atoms with Gasteiger partial charge in [0.2, 0.25) is 0 Å². The average molecular weight is 256 g/mol. The Morgan fingerprint density at radius 3 is 3.00 bits per heavy atom. The van der Waals surface area contributed by atoms with E-state index >= 15 is 0 Å². The minimum Gasteiger partial charge on any atom is -0.326 e. The summed E-state index contributed by atoms with van der Waals surface area (Å²) in [5.41, 5.74) is 7.83. The lowest BCUT2D eigenvalue weighted by Crippen LogP contribution is -2.08. The lowest BCUT2D eigenvalue weighted by atomic mass is 10.2. The zero-order valence-electron chi connectivity index (χ0n) is 10.8. The molecule has 3 rings (SSSR count). The van der Waals surface area contributed by atoms with Gasteiger partial charge in [0.05, 0.1) is 6.54 Å². The summed E-state index contributed by atoms with van der Waals surface area (Å²) in [6.45, 7) is 4.03. The van der Waals surface area contributed by atoms with Crippen molar-refractivity contribution in [1.82, 2.24) is 24.3 Å². The van der Waals surface area contributed by atoms with Crippen LogP contribution in [0.3, 0.4) is 0 Å². The highest BCUT2D eigenvalue weighted by Crippen LogP contribution is 2.19. The second kappa shape index (κ2) is 4.81. The van der Waals surface area contributed by atoms with Gasteiger partial charge in [-0.2, -0.15) is 5.10 Å². The first-order valence-corrected chi connectivity index (χ1v) is 6.33. The number of aryl methyl sites for hydroxylation is 1. The molecule has 0 saturated carbocycles. The van der Waals surface area contributed by atoms with Gasteiger partial charge in [-0.1, -0.05) is 0 Å². The predicted molar refractivity (Wildman–Crippen MR) is 72.4 cm³/mol. The van der Waals surface area contributed by atoms with Crippen molar-refractivity contribution >= 4 is 11.0 Å². The van der Waals surface area contributed by atoms with Crippen LogP contribution in [0.15, 0.2) is 30.9 Å². The number of hydrogen-bond acceptors (Lipinski definition) is 4. The van der Waals surface area contributed by atoms with E-state index in [9.17, 15) is 0 Å². The Hall–Kier alpha value is -2.21. The summed E-state index contributed by atoms with van der Waals surface area (Å²) < 4.78 is 3.96. The molecule has 0 radical (unpaired) electrons. The third-order valence-electron chi connectivity index (χ3n) is 3.24.